The Morgan fingerprint density at radius 3 is 2.79 bits per heavy atom. The van der Waals surface area contributed by atoms with E-state index < -0.39 is 9.84 Å². The number of nitrogens with zero attached hydrogens (tertiary/aromatic N) is 2. The van der Waals surface area contributed by atoms with E-state index >= 15 is 0 Å². The van der Waals surface area contributed by atoms with Crippen molar-refractivity contribution in [3.63, 3.8) is 0 Å². The van der Waals surface area contributed by atoms with Crippen LogP contribution in [0.4, 0.5) is 11.6 Å². The highest BCUT2D eigenvalue weighted by Gasteiger charge is 2.28. The van der Waals surface area contributed by atoms with E-state index in [4.69, 9.17) is 0 Å². The lowest BCUT2D eigenvalue weighted by Crippen LogP contribution is -2.21. The van der Waals surface area contributed by atoms with Crippen molar-refractivity contribution in [3.8, 4) is 0 Å². The number of aryl methyl sites for hydroxylation is 1. The molecule has 132 valence electrons. The van der Waals surface area contributed by atoms with E-state index in [-0.39, 0.29) is 17.5 Å². The molecule has 0 spiro atoms. The Bertz CT molecular complexity index is 715. The van der Waals surface area contributed by atoms with Crippen molar-refractivity contribution < 1.29 is 8.42 Å². The standard InChI is InChI=1S/C17H26N4O2S/c1-13-19-16(18-9-7-14-5-3-2-4-6-14)11-17(20-13)21-15-8-10-24(22,23)12-15/h5,11,15H,2-4,6-10,12H2,1H3,(H2,18,19,20,21). The zero-order valence-electron chi connectivity index (χ0n) is 14.2. The van der Waals surface area contributed by atoms with Crippen LogP contribution in [0.3, 0.4) is 0 Å². The Hall–Kier alpha value is -1.63. The molecule has 1 aliphatic heterocycles. The predicted molar refractivity (Wildman–Crippen MR) is 97.1 cm³/mol. The molecule has 7 heteroatoms. The van der Waals surface area contributed by atoms with E-state index in [1.165, 1.54) is 31.3 Å². The molecule has 0 bridgehead atoms. The number of anilines is 2. The highest BCUT2D eigenvalue weighted by Crippen LogP contribution is 2.21. The largest absolute Gasteiger partial charge is 0.370 e. The quantitative estimate of drug-likeness (QED) is 0.768. The van der Waals surface area contributed by atoms with Crippen LogP contribution in [0.1, 0.15) is 44.3 Å². The third kappa shape index (κ3) is 4.93. The van der Waals surface area contributed by atoms with Gasteiger partial charge in [0, 0.05) is 18.7 Å². The van der Waals surface area contributed by atoms with Gasteiger partial charge in [-0.2, -0.15) is 0 Å². The summed E-state index contributed by atoms with van der Waals surface area (Å²) in [6.45, 7) is 2.71. The van der Waals surface area contributed by atoms with E-state index in [0.717, 1.165) is 18.8 Å². The zero-order valence-corrected chi connectivity index (χ0v) is 15.0. The predicted octanol–water partition coefficient (Wildman–Crippen LogP) is 2.69. The molecule has 1 saturated heterocycles. The second-order valence-corrected chi connectivity index (χ2v) is 8.94. The minimum atomic E-state index is -2.89. The number of nitrogens with one attached hydrogen (secondary N) is 2. The normalized spacial score (nSPS) is 22.9. The van der Waals surface area contributed by atoms with Gasteiger partial charge in [-0.05, 0) is 45.4 Å². The number of rotatable bonds is 6. The van der Waals surface area contributed by atoms with Crippen molar-refractivity contribution in [3.05, 3.63) is 23.5 Å². The fourth-order valence-electron chi connectivity index (χ4n) is 3.33. The van der Waals surface area contributed by atoms with Crippen LogP contribution in [0.25, 0.3) is 0 Å². The van der Waals surface area contributed by atoms with Crippen LogP contribution in [0.2, 0.25) is 0 Å². The lowest BCUT2D eigenvalue weighted by molar-refractivity contribution is 0.602. The average molecular weight is 350 g/mol. The first kappa shape index (κ1) is 17.2. The molecule has 2 heterocycles. The van der Waals surface area contributed by atoms with Crippen LogP contribution in [0, 0.1) is 6.92 Å². The van der Waals surface area contributed by atoms with Crippen molar-refractivity contribution in [2.24, 2.45) is 0 Å². The van der Waals surface area contributed by atoms with Gasteiger partial charge in [-0.3, -0.25) is 0 Å². The molecule has 0 saturated carbocycles. The molecule has 3 rings (SSSR count). The Morgan fingerprint density at radius 2 is 2.08 bits per heavy atom. The van der Waals surface area contributed by atoms with E-state index in [1.54, 1.807) is 0 Å². The van der Waals surface area contributed by atoms with E-state index in [0.29, 0.717) is 18.1 Å². The molecular weight excluding hydrogens is 324 g/mol. The van der Waals surface area contributed by atoms with Crippen LogP contribution < -0.4 is 10.6 Å². The third-order valence-corrected chi connectivity index (χ3v) is 6.33. The first-order chi connectivity index (χ1) is 11.5. The van der Waals surface area contributed by atoms with Crippen molar-refractivity contribution in [1.82, 2.24) is 9.97 Å². The van der Waals surface area contributed by atoms with Gasteiger partial charge in [0.15, 0.2) is 9.84 Å². The fraction of sp³-hybridized carbons (Fsp3) is 0.647. The Labute approximate surface area is 144 Å². The van der Waals surface area contributed by atoms with Crippen molar-refractivity contribution in [2.75, 3.05) is 28.7 Å². The maximum absolute atomic E-state index is 11.6. The molecule has 0 amide bonds. The first-order valence-electron chi connectivity index (χ1n) is 8.75. The molecule has 1 fully saturated rings. The SMILES string of the molecule is Cc1nc(NCCC2=CCCCC2)cc(NC2CCS(=O)(=O)C2)n1. The van der Waals surface area contributed by atoms with Gasteiger partial charge in [0.05, 0.1) is 11.5 Å². The molecule has 2 aliphatic rings. The molecule has 1 atom stereocenters. The van der Waals surface area contributed by atoms with Gasteiger partial charge < -0.3 is 10.6 Å². The molecule has 1 aromatic rings. The Kier molecular flexibility index (Phi) is 5.38. The Morgan fingerprint density at radius 1 is 1.25 bits per heavy atom. The Balaban J connectivity index is 1.56. The van der Waals surface area contributed by atoms with E-state index in [2.05, 4.69) is 26.7 Å². The summed E-state index contributed by atoms with van der Waals surface area (Å²) in [5.41, 5.74) is 1.54. The smallest absolute Gasteiger partial charge is 0.152 e. The highest BCUT2D eigenvalue weighted by atomic mass is 32.2. The zero-order chi connectivity index (χ0) is 17.0. The number of hydrogen-bond donors (Lipinski definition) is 2. The molecule has 1 aromatic heterocycles. The van der Waals surface area contributed by atoms with Crippen molar-refractivity contribution >= 4 is 21.5 Å². The second-order valence-electron chi connectivity index (χ2n) is 6.71. The van der Waals surface area contributed by atoms with Gasteiger partial charge in [0.2, 0.25) is 0 Å². The van der Waals surface area contributed by atoms with Gasteiger partial charge in [-0.15, -0.1) is 0 Å². The number of sulfone groups is 1. The fourth-order valence-corrected chi connectivity index (χ4v) is 5.01. The van der Waals surface area contributed by atoms with Crippen LogP contribution in [0.5, 0.6) is 0 Å². The number of allylic oxidation sites excluding steroid dienone is 1. The second kappa shape index (κ2) is 7.51. The van der Waals surface area contributed by atoms with Gasteiger partial charge in [0.25, 0.3) is 0 Å². The van der Waals surface area contributed by atoms with E-state index in [9.17, 15) is 8.42 Å². The molecule has 1 unspecified atom stereocenters. The minimum absolute atomic E-state index is 0.0513. The topological polar surface area (TPSA) is 84.0 Å². The lowest BCUT2D eigenvalue weighted by atomic mass is 9.97. The summed E-state index contributed by atoms with van der Waals surface area (Å²) in [7, 11) is -2.89. The summed E-state index contributed by atoms with van der Waals surface area (Å²) >= 11 is 0. The third-order valence-electron chi connectivity index (χ3n) is 4.56. The molecule has 0 aromatic carbocycles. The van der Waals surface area contributed by atoms with Gasteiger partial charge in [-0.1, -0.05) is 11.6 Å². The highest BCUT2D eigenvalue weighted by molar-refractivity contribution is 7.91. The summed E-state index contributed by atoms with van der Waals surface area (Å²) in [6, 6.07) is 1.82. The monoisotopic (exact) mass is 350 g/mol. The summed E-state index contributed by atoms with van der Waals surface area (Å²) in [5.74, 6) is 2.62. The number of hydrogen-bond acceptors (Lipinski definition) is 6. The molecular formula is C17H26N4O2S. The molecule has 6 nitrogen and oxygen atoms in total. The lowest BCUT2D eigenvalue weighted by Gasteiger charge is -2.15. The van der Waals surface area contributed by atoms with Crippen LogP contribution in [-0.2, 0) is 9.84 Å². The van der Waals surface area contributed by atoms with Gasteiger partial charge in [0.1, 0.15) is 17.5 Å². The van der Waals surface area contributed by atoms with E-state index in [1.807, 2.05) is 13.0 Å². The van der Waals surface area contributed by atoms with Crippen molar-refractivity contribution in [1.29, 1.82) is 0 Å². The van der Waals surface area contributed by atoms with Crippen molar-refractivity contribution in [2.45, 2.75) is 51.5 Å². The van der Waals surface area contributed by atoms with Gasteiger partial charge >= 0.3 is 0 Å². The van der Waals surface area contributed by atoms with Crippen LogP contribution in [-0.4, -0.2) is 42.5 Å². The average Bonchev–Trinajstić information content (AvgIpc) is 2.86. The maximum atomic E-state index is 11.6. The molecule has 0 radical (unpaired) electrons. The first-order valence-corrected chi connectivity index (χ1v) is 10.6. The van der Waals surface area contributed by atoms with Gasteiger partial charge in [-0.25, -0.2) is 18.4 Å². The maximum Gasteiger partial charge on any atom is 0.152 e. The summed E-state index contributed by atoms with van der Waals surface area (Å²) < 4.78 is 23.1. The molecule has 2 N–H and O–H groups in total. The minimum Gasteiger partial charge on any atom is -0.370 e. The molecule has 1 aliphatic carbocycles. The van der Waals surface area contributed by atoms with Crippen LogP contribution in [0.15, 0.2) is 17.7 Å². The van der Waals surface area contributed by atoms with Crippen LogP contribution >= 0.6 is 0 Å². The summed E-state index contributed by atoms with van der Waals surface area (Å²) in [5, 5.41) is 6.60. The molecule has 24 heavy (non-hydrogen) atoms. The summed E-state index contributed by atoms with van der Waals surface area (Å²) in [4.78, 5) is 8.79. The number of aromatic nitrogens is 2. The summed E-state index contributed by atoms with van der Waals surface area (Å²) in [6.07, 6.45) is 9.09.